The maximum atomic E-state index is 13.5. The third-order valence-electron chi connectivity index (χ3n) is 16.3. The Balaban J connectivity index is 0.000000228. The number of aliphatic hydroxyl groups excluding tert-OH is 3. The van der Waals surface area contributed by atoms with Crippen molar-refractivity contribution in [1.82, 2.24) is 25.1 Å². The first-order chi connectivity index (χ1) is 39.2. The fourth-order valence-electron chi connectivity index (χ4n) is 11.5. The molecule has 0 bridgehead atoms. The standard InChI is InChI=1S/2C23H28FN3O4.C11H19NO3.C6H13NO/c2*1-12-10-15(6-7-17(12)24)25-21(30)18-13(2)19(27(5)14(18)3)20(29)22(31)26-23(4)9-8-16(28)11-23;1-10(2,3)15-9(14)12-11(4)6-5-8(13)7-11;1-6(7)3-2-5(8)4-6/h2*6-7,10,16,28H,8-9,11H2,1-5H3,(H,25,30)(H,26,31);5-7H2,1-4H3,(H,12,14);5,8H,2-4,7H2,1H3/t16-,23+;16-,23-;11-;5?,6-/m1000/s1. The summed E-state index contributed by atoms with van der Waals surface area (Å²) in [6.07, 6.45) is 5.80. The van der Waals surface area contributed by atoms with Gasteiger partial charge in [-0.15, -0.1) is 0 Å². The normalized spacial score (nSPS) is 24.2. The summed E-state index contributed by atoms with van der Waals surface area (Å²) in [7, 11) is 3.26. The summed E-state index contributed by atoms with van der Waals surface area (Å²) in [6, 6.07) is 8.52. The van der Waals surface area contributed by atoms with E-state index in [1.165, 1.54) is 45.5 Å². The third kappa shape index (κ3) is 18.0. The van der Waals surface area contributed by atoms with Gasteiger partial charge in [0.25, 0.3) is 35.2 Å². The predicted octanol–water partition coefficient (Wildman–Crippen LogP) is 8.16. The van der Waals surface area contributed by atoms with Crippen LogP contribution >= 0.6 is 0 Å². The average molecular weight is 1190 g/mol. The van der Waals surface area contributed by atoms with Crippen LogP contribution in [0.2, 0.25) is 0 Å². The maximum absolute atomic E-state index is 13.5. The topological polar surface area (TPSA) is 303 Å². The van der Waals surface area contributed by atoms with Crippen LogP contribution < -0.4 is 32.3 Å². The smallest absolute Gasteiger partial charge is 0.408 e. The fraction of sp³-hybridized carbons (Fsp3) is 0.556. The molecular formula is C63H88F2N8O12. The zero-order chi connectivity index (χ0) is 64.1. The number of alkyl carbamates (subject to hydrolysis) is 1. The van der Waals surface area contributed by atoms with Crippen LogP contribution in [0, 0.1) is 53.2 Å². The van der Waals surface area contributed by atoms with Crippen LogP contribution in [-0.4, -0.2) is 118 Å². The summed E-state index contributed by atoms with van der Waals surface area (Å²) in [4.78, 5) is 99.7. The summed E-state index contributed by atoms with van der Waals surface area (Å²) >= 11 is 0. The molecule has 7 atom stereocenters. The summed E-state index contributed by atoms with van der Waals surface area (Å²) in [5.41, 5.74) is 7.83. The van der Waals surface area contributed by atoms with Gasteiger partial charge in [-0.05, 0) is 213 Å². The van der Waals surface area contributed by atoms with Crippen LogP contribution in [0.3, 0.4) is 0 Å². The van der Waals surface area contributed by atoms with E-state index in [9.17, 15) is 57.4 Å². The number of nitrogens with one attached hydrogen (secondary N) is 5. The van der Waals surface area contributed by atoms with Gasteiger partial charge in [-0.3, -0.25) is 33.6 Å². The number of carbonyl (C=O) groups is 8. The molecule has 2 aromatic carbocycles. The van der Waals surface area contributed by atoms with Gasteiger partial charge in [0.2, 0.25) is 0 Å². The van der Waals surface area contributed by atoms with Crippen molar-refractivity contribution in [2.24, 2.45) is 19.8 Å². The lowest BCUT2D eigenvalue weighted by Gasteiger charge is -2.27. The lowest BCUT2D eigenvalue weighted by atomic mass is 9.99. The predicted molar refractivity (Wildman–Crippen MR) is 319 cm³/mol. The molecule has 0 aliphatic heterocycles. The highest BCUT2D eigenvalue weighted by Crippen LogP contribution is 2.33. The Kier molecular flexibility index (Phi) is 21.8. The van der Waals surface area contributed by atoms with Crippen molar-refractivity contribution in [2.45, 2.75) is 213 Å². The Morgan fingerprint density at radius 3 is 1.28 bits per heavy atom. The largest absolute Gasteiger partial charge is 0.444 e. The molecule has 2 aromatic heterocycles. The van der Waals surface area contributed by atoms with Crippen LogP contribution in [0.5, 0.6) is 0 Å². The number of benzene rings is 2. The van der Waals surface area contributed by atoms with Crippen molar-refractivity contribution < 1.29 is 67.2 Å². The number of nitrogens with zero attached hydrogens (tertiary/aromatic N) is 2. The quantitative estimate of drug-likeness (QED) is 0.0506. The van der Waals surface area contributed by atoms with E-state index in [1.807, 2.05) is 34.6 Å². The van der Waals surface area contributed by atoms with Gasteiger partial charge in [0.05, 0.1) is 40.8 Å². The number of nitrogens with two attached hydrogens (primary N) is 1. The average Bonchev–Trinajstić information content (AvgIpc) is 2.13. The van der Waals surface area contributed by atoms with Crippen molar-refractivity contribution in [3.8, 4) is 0 Å². The Bertz CT molecular complexity index is 3060. The first-order valence-corrected chi connectivity index (χ1v) is 28.7. The van der Waals surface area contributed by atoms with E-state index in [-0.39, 0.29) is 40.4 Å². The van der Waals surface area contributed by atoms with E-state index < -0.39 is 75.7 Å². The second-order valence-corrected chi connectivity index (χ2v) is 25.8. The van der Waals surface area contributed by atoms with E-state index in [2.05, 4.69) is 26.6 Å². The molecule has 4 aliphatic carbocycles. The number of hydrogen-bond acceptors (Lipinski definition) is 13. The molecule has 0 radical (unpaired) electrons. The molecule has 0 spiro atoms. The summed E-state index contributed by atoms with van der Waals surface area (Å²) in [5.74, 6) is -4.41. The van der Waals surface area contributed by atoms with Gasteiger partial charge in [0.1, 0.15) is 23.0 Å². The molecule has 10 N–H and O–H groups in total. The number of rotatable bonds is 11. The minimum atomic E-state index is -0.763. The van der Waals surface area contributed by atoms with E-state index in [0.717, 1.165) is 19.3 Å². The third-order valence-corrected chi connectivity index (χ3v) is 16.3. The second kappa shape index (κ2) is 27.1. The molecule has 1 unspecified atom stereocenters. The molecular weight excluding hydrogens is 1100 g/mol. The lowest BCUT2D eigenvalue weighted by molar-refractivity contribution is -0.119. The number of aromatic nitrogens is 2. The summed E-state index contributed by atoms with van der Waals surface area (Å²) in [6.45, 7) is 22.8. The van der Waals surface area contributed by atoms with Crippen LogP contribution in [0.25, 0.3) is 0 Å². The summed E-state index contributed by atoms with van der Waals surface area (Å²) in [5, 5.41) is 42.2. The van der Waals surface area contributed by atoms with Crippen LogP contribution in [-0.2, 0) is 33.2 Å². The Labute approximate surface area is 496 Å². The zero-order valence-electron chi connectivity index (χ0n) is 51.9. The molecule has 8 rings (SSSR count). The minimum absolute atomic E-state index is 0.0839. The van der Waals surface area contributed by atoms with Gasteiger partial charge in [-0.2, -0.15) is 0 Å². The summed E-state index contributed by atoms with van der Waals surface area (Å²) < 4.78 is 35.2. The molecule has 4 saturated carbocycles. The molecule has 85 heavy (non-hydrogen) atoms. The van der Waals surface area contributed by atoms with Gasteiger partial charge >= 0.3 is 6.09 Å². The Morgan fingerprint density at radius 2 is 0.988 bits per heavy atom. The van der Waals surface area contributed by atoms with E-state index in [0.29, 0.717) is 114 Å². The van der Waals surface area contributed by atoms with Crippen molar-refractivity contribution in [1.29, 1.82) is 0 Å². The molecule has 20 nitrogen and oxygen atoms in total. The first-order valence-electron chi connectivity index (χ1n) is 28.7. The highest BCUT2D eigenvalue weighted by Gasteiger charge is 2.41. The molecule has 466 valence electrons. The molecule has 4 aromatic rings. The van der Waals surface area contributed by atoms with Gasteiger partial charge in [0, 0.05) is 71.9 Å². The van der Waals surface area contributed by atoms with E-state index in [1.54, 1.807) is 69.5 Å². The van der Waals surface area contributed by atoms with Gasteiger partial charge in [0.15, 0.2) is 0 Å². The van der Waals surface area contributed by atoms with Crippen LogP contribution in [0.15, 0.2) is 36.4 Å². The zero-order valence-corrected chi connectivity index (χ0v) is 51.9. The molecule has 22 heteroatoms. The number of hydrogen-bond donors (Lipinski definition) is 9. The number of anilines is 2. The molecule has 2 heterocycles. The number of aryl methyl sites for hydroxylation is 2. The van der Waals surface area contributed by atoms with Gasteiger partial charge < -0.3 is 61.5 Å². The van der Waals surface area contributed by atoms with E-state index >= 15 is 0 Å². The number of ether oxygens (including phenoxy) is 1. The molecule has 0 saturated heterocycles. The molecule has 4 aliphatic rings. The number of halogens is 2. The van der Waals surface area contributed by atoms with Crippen molar-refractivity contribution >= 4 is 58.4 Å². The van der Waals surface area contributed by atoms with Crippen molar-refractivity contribution in [3.05, 3.63) is 104 Å². The van der Waals surface area contributed by atoms with Gasteiger partial charge in [-0.1, -0.05) is 0 Å². The number of ketones is 3. The van der Waals surface area contributed by atoms with Crippen LogP contribution in [0.4, 0.5) is 25.0 Å². The second-order valence-electron chi connectivity index (χ2n) is 25.8. The van der Waals surface area contributed by atoms with Crippen molar-refractivity contribution in [3.63, 3.8) is 0 Å². The number of aliphatic hydroxyl groups is 3. The highest BCUT2D eigenvalue weighted by molar-refractivity contribution is 6.43. The number of amides is 5. The number of carbonyl (C=O) groups excluding carboxylic acids is 8. The van der Waals surface area contributed by atoms with Crippen molar-refractivity contribution in [2.75, 3.05) is 10.6 Å². The Hall–Kier alpha value is -7.14. The lowest BCUT2D eigenvalue weighted by Crippen LogP contribution is -2.47. The van der Waals surface area contributed by atoms with E-state index in [4.69, 9.17) is 15.6 Å². The van der Waals surface area contributed by atoms with Crippen LogP contribution in [0.1, 0.15) is 201 Å². The monoisotopic (exact) mass is 1190 g/mol. The first kappa shape index (κ1) is 68.6. The Morgan fingerprint density at radius 1 is 0.600 bits per heavy atom. The SMILES string of the molecule is CC(C)(C)OC(=O)N[C@@]1(C)CCC(=O)C1.C[C@]1(N)CCC(O)C1.Cc1cc(NC(=O)c2c(C)c(C(=O)C(=O)N[C@@]3(C)CC[C@@H](O)C3)n(C)c2C)ccc1F.Cc1cc(NC(=O)c2c(C)c(C(=O)C(=O)N[C@@]3(C)CC[C@H](O)C3)n(C)c2C)ccc1F. The molecule has 5 amide bonds. The highest BCUT2D eigenvalue weighted by atomic mass is 19.1. The maximum Gasteiger partial charge on any atom is 0.408 e. The minimum Gasteiger partial charge on any atom is -0.444 e. The number of Topliss-reactive ketones (excluding diaryl/α,β-unsaturated/α-hetero) is 3. The molecule has 4 fully saturated rings. The fourth-order valence-corrected chi connectivity index (χ4v) is 11.5. The van der Waals surface area contributed by atoms with Gasteiger partial charge in [-0.25, -0.2) is 13.6 Å².